The molecule has 0 aliphatic carbocycles. The van der Waals surface area contributed by atoms with Gasteiger partial charge in [0.15, 0.2) is 0 Å². The molecular weight excluding hydrogens is 222 g/mol. The number of hydrogen-bond acceptors (Lipinski definition) is 2. The predicted molar refractivity (Wildman–Crippen MR) is 74.1 cm³/mol. The Kier molecular flexibility index (Phi) is 3.66. The highest BCUT2D eigenvalue weighted by molar-refractivity contribution is 5.41. The zero-order valence-corrected chi connectivity index (χ0v) is 11.2. The maximum Gasteiger partial charge on any atom is 0.145 e. The Hall–Kier alpha value is -1.83. The normalized spacial score (nSPS) is 11.3. The van der Waals surface area contributed by atoms with Crippen molar-refractivity contribution >= 4 is 0 Å². The number of pyridine rings is 1. The molecule has 2 aromatic rings. The molecule has 0 aliphatic heterocycles. The van der Waals surface area contributed by atoms with Crippen LogP contribution >= 0.6 is 0 Å². The molecule has 0 aliphatic rings. The van der Waals surface area contributed by atoms with Gasteiger partial charge in [0.05, 0.1) is 6.20 Å². The highest BCUT2D eigenvalue weighted by atomic mass is 16.5. The second-order valence-electron chi connectivity index (χ2n) is 5.02. The minimum absolute atomic E-state index is 0.110. The highest BCUT2D eigenvalue weighted by Crippen LogP contribution is 2.35. The zero-order chi connectivity index (χ0) is 13.0. The van der Waals surface area contributed by atoms with Gasteiger partial charge in [-0.2, -0.15) is 0 Å². The van der Waals surface area contributed by atoms with E-state index in [9.17, 15) is 0 Å². The Labute approximate surface area is 109 Å². The van der Waals surface area contributed by atoms with Crippen molar-refractivity contribution in [1.29, 1.82) is 0 Å². The van der Waals surface area contributed by atoms with Crippen molar-refractivity contribution in [3.05, 3.63) is 54.4 Å². The molecule has 2 heteroatoms. The molecule has 0 amide bonds. The van der Waals surface area contributed by atoms with E-state index in [2.05, 4.69) is 37.9 Å². The molecule has 2 nitrogen and oxygen atoms in total. The third-order valence-corrected chi connectivity index (χ3v) is 3.36. The molecule has 0 N–H and O–H groups in total. The molecule has 0 saturated heterocycles. The smallest absolute Gasteiger partial charge is 0.145 e. The Morgan fingerprint density at radius 1 is 1.11 bits per heavy atom. The summed E-state index contributed by atoms with van der Waals surface area (Å²) in [6.45, 7) is 6.66. The minimum atomic E-state index is 0.110. The van der Waals surface area contributed by atoms with Gasteiger partial charge >= 0.3 is 0 Å². The zero-order valence-electron chi connectivity index (χ0n) is 11.2. The average Bonchev–Trinajstić information content (AvgIpc) is 2.40. The third-order valence-electron chi connectivity index (χ3n) is 3.36. The van der Waals surface area contributed by atoms with E-state index in [1.807, 2.05) is 24.3 Å². The summed E-state index contributed by atoms with van der Waals surface area (Å²) in [6, 6.07) is 12.0. The van der Waals surface area contributed by atoms with E-state index in [1.165, 1.54) is 5.56 Å². The number of rotatable bonds is 4. The molecule has 0 unspecified atom stereocenters. The molecule has 1 aromatic heterocycles. The largest absolute Gasteiger partial charge is 0.455 e. The van der Waals surface area contributed by atoms with Crippen molar-refractivity contribution in [3.8, 4) is 11.5 Å². The fourth-order valence-electron chi connectivity index (χ4n) is 1.84. The van der Waals surface area contributed by atoms with Crippen molar-refractivity contribution in [2.45, 2.75) is 32.6 Å². The van der Waals surface area contributed by atoms with Crippen LogP contribution < -0.4 is 4.74 Å². The minimum Gasteiger partial charge on any atom is -0.455 e. The van der Waals surface area contributed by atoms with Crippen LogP contribution in [0, 0.1) is 0 Å². The molecule has 1 aromatic carbocycles. The standard InChI is InChI=1S/C16H19NO/c1-4-16(2,3)14-9-5-6-10-15(14)18-13-8-7-11-17-12-13/h5-12H,4H2,1-3H3. The number of ether oxygens (including phenoxy) is 1. The van der Waals surface area contributed by atoms with Crippen molar-refractivity contribution in [1.82, 2.24) is 4.98 Å². The van der Waals surface area contributed by atoms with E-state index in [-0.39, 0.29) is 5.41 Å². The predicted octanol–water partition coefficient (Wildman–Crippen LogP) is 4.56. The maximum absolute atomic E-state index is 5.94. The molecule has 0 bridgehead atoms. The van der Waals surface area contributed by atoms with Crippen molar-refractivity contribution in [3.63, 3.8) is 0 Å². The van der Waals surface area contributed by atoms with Crippen LogP contribution in [0.1, 0.15) is 32.8 Å². The Morgan fingerprint density at radius 2 is 1.89 bits per heavy atom. The lowest BCUT2D eigenvalue weighted by molar-refractivity contribution is 0.435. The van der Waals surface area contributed by atoms with Gasteiger partial charge in [0.2, 0.25) is 0 Å². The number of aromatic nitrogens is 1. The summed E-state index contributed by atoms with van der Waals surface area (Å²) in [4.78, 5) is 4.07. The van der Waals surface area contributed by atoms with Gasteiger partial charge < -0.3 is 4.74 Å². The van der Waals surface area contributed by atoms with Gasteiger partial charge in [0.1, 0.15) is 11.5 Å². The molecule has 0 fully saturated rings. The molecule has 0 radical (unpaired) electrons. The van der Waals surface area contributed by atoms with Gasteiger partial charge in [-0.25, -0.2) is 0 Å². The van der Waals surface area contributed by atoms with Crippen LogP contribution in [0.15, 0.2) is 48.8 Å². The van der Waals surface area contributed by atoms with Crippen molar-refractivity contribution in [2.75, 3.05) is 0 Å². The van der Waals surface area contributed by atoms with E-state index >= 15 is 0 Å². The molecule has 0 atom stereocenters. The molecule has 18 heavy (non-hydrogen) atoms. The van der Waals surface area contributed by atoms with Gasteiger partial charge in [0, 0.05) is 11.8 Å². The van der Waals surface area contributed by atoms with Gasteiger partial charge in [-0.05, 0) is 30.0 Å². The molecule has 2 rings (SSSR count). The van der Waals surface area contributed by atoms with Gasteiger partial charge in [0.25, 0.3) is 0 Å². The van der Waals surface area contributed by atoms with E-state index in [0.29, 0.717) is 0 Å². The Bertz CT molecular complexity index is 506. The third kappa shape index (κ3) is 2.70. The summed E-state index contributed by atoms with van der Waals surface area (Å²) in [6.07, 6.45) is 4.55. The van der Waals surface area contributed by atoms with Crippen LogP contribution in [0.3, 0.4) is 0 Å². The lowest BCUT2D eigenvalue weighted by atomic mass is 9.82. The monoisotopic (exact) mass is 241 g/mol. The second-order valence-corrected chi connectivity index (χ2v) is 5.02. The van der Waals surface area contributed by atoms with Gasteiger partial charge in [-0.1, -0.05) is 39.0 Å². The lowest BCUT2D eigenvalue weighted by Gasteiger charge is -2.25. The topological polar surface area (TPSA) is 22.1 Å². The number of nitrogens with zero attached hydrogens (tertiary/aromatic N) is 1. The summed E-state index contributed by atoms with van der Waals surface area (Å²) in [5, 5.41) is 0. The van der Waals surface area contributed by atoms with Gasteiger partial charge in [-0.15, -0.1) is 0 Å². The number of para-hydroxylation sites is 1. The molecular formula is C16H19NO. The summed E-state index contributed by atoms with van der Waals surface area (Å²) in [5.41, 5.74) is 1.34. The van der Waals surface area contributed by atoms with Crippen LogP contribution in [0.25, 0.3) is 0 Å². The molecule has 1 heterocycles. The lowest BCUT2D eigenvalue weighted by Crippen LogP contribution is -2.16. The van der Waals surface area contributed by atoms with Crippen LogP contribution in [0.4, 0.5) is 0 Å². The van der Waals surface area contributed by atoms with Crippen LogP contribution in [-0.4, -0.2) is 4.98 Å². The van der Waals surface area contributed by atoms with E-state index in [4.69, 9.17) is 4.74 Å². The highest BCUT2D eigenvalue weighted by Gasteiger charge is 2.22. The van der Waals surface area contributed by atoms with Crippen molar-refractivity contribution < 1.29 is 4.74 Å². The van der Waals surface area contributed by atoms with Crippen LogP contribution in [-0.2, 0) is 5.41 Å². The Balaban J connectivity index is 2.34. The summed E-state index contributed by atoms with van der Waals surface area (Å²) in [7, 11) is 0. The number of benzene rings is 1. The summed E-state index contributed by atoms with van der Waals surface area (Å²) in [5.74, 6) is 1.69. The van der Waals surface area contributed by atoms with Crippen LogP contribution in [0.2, 0.25) is 0 Å². The molecule has 94 valence electrons. The Morgan fingerprint density at radius 3 is 2.56 bits per heavy atom. The summed E-state index contributed by atoms with van der Waals surface area (Å²) < 4.78 is 5.94. The SMILES string of the molecule is CCC(C)(C)c1ccccc1Oc1cccnc1. The van der Waals surface area contributed by atoms with E-state index in [1.54, 1.807) is 12.4 Å². The fourth-order valence-corrected chi connectivity index (χ4v) is 1.84. The molecule has 0 saturated carbocycles. The first-order valence-electron chi connectivity index (χ1n) is 6.31. The van der Waals surface area contributed by atoms with E-state index < -0.39 is 0 Å². The van der Waals surface area contributed by atoms with Gasteiger partial charge in [-0.3, -0.25) is 4.98 Å². The maximum atomic E-state index is 5.94. The quantitative estimate of drug-likeness (QED) is 0.782. The molecule has 0 spiro atoms. The number of hydrogen-bond donors (Lipinski definition) is 0. The van der Waals surface area contributed by atoms with Crippen LogP contribution in [0.5, 0.6) is 11.5 Å². The first kappa shape index (κ1) is 12.6. The second kappa shape index (κ2) is 5.21. The average molecular weight is 241 g/mol. The first-order valence-corrected chi connectivity index (χ1v) is 6.31. The fraction of sp³-hybridized carbons (Fsp3) is 0.312. The first-order chi connectivity index (χ1) is 8.63. The van der Waals surface area contributed by atoms with E-state index in [0.717, 1.165) is 17.9 Å². The van der Waals surface area contributed by atoms with Crippen molar-refractivity contribution in [2.24, 2.45) is 0 Å². The summed E-state index contributed by atoms with van der Waals surface area (Å²) >= 11 is 0.